The molecule has 0 bridgehead atoms. The number of rotatable bonds is 7. The van der Waals surface area contributed by atoms with E-state index in [1.807, 2.05) is 0 Å². The highest BCUT2D eigenvalue weighted by Crippen LogP contribution is 2.37. The van der Waals surface area contributed by atoms with Gasteiger partial charge in [-0.25, -0.2) is 0 Å². The minimum absolute atomic E-state index is 0.293. The van der Waals surface area contributed by atoms with Crippen LogP contribution >= 0.6 is 12.2 Å². The molecule has 0 saturated heterocycles. The molecule has 0 spiro atoms. The normalized spacial score (nSPS) is 13.0. The molecule has 0 saturated carbocycles. The molecule has 0 aromatic heterocycles. The van der Waals surface area contributed by atoms with Crippen LogP contribution in [0, 0.1) is 10.1 Å². The predicted molar refractivity (Wildman–Crippen MR) is 104 cm³/mol. The third kappa shape index (κ3) is 5.83. The van der Waals surface area contributed by atoms with Gasteiger partial charge in [0.15, 0.2) is 5.60 Å². The maximum Gasteiger partial charge on any atom is 0.423 e. The number of alkyl halides is 3. The molecule has 2 aromatic carbocycles. The summed E-state index contributed by atoms with van der Waals surface area (Å²) in [7, 11) is 0. The summed E-state index contributed by atoms with van der Waals surface area (Å²) in [6.07, 6.45) is -5.01. The van der Waals surface area contributed by atoms with E-state index in [0.29, 0.717) is 23.6 Å². The van der Waals surface area contributed by atoms with E-state index in [9.17, 15) is 33.2 Å². The van der Waals surface area contributed by atoms with E-state index in [4.69, 9.17) is 4.74 Å². The number of benzene rings is 2. The average Bonchev–Trinajstić information content (AvgIpc) is 2.67. The summed E-state index contributed by atoms with van der Waals surface area (Å²) in [6.45, 7) is 0.580. The minimum Gasteiger partial charge on any atom is -0.490 e. The van der Waals surface area contributed by atoms with Crippen LogP contribution < -0.4 is 10.1 Å². The summed E-state index contributed by atoms with van der Waals surface area (Å²) >= 11 is 4.48. The van der Waals surface area contributed by atoms with Crippen molar-refractivity contribution in [1.29, 1.82) is 0 Å². The molecule has 30 heavy (non-hydrogen) atoms. The number of nitro groups is 1. The molecule has 158 valence electrons. The van der Waals surface area contributed by atoms with Gasteiger partial charge < -0.3 is 15.2 Å². The van der Waals surface area contributed by atoms with Gasteiger partial charge in [0.05, 0.1) is 15.8 Å². The molecule has 0 aliphatic heterocycles. The lowest BCUT2D eigenvalue weighted by Gasteiger charge is -2.23. The number of nitro benzene ring substituents is 1. The zero-order valence-corrected chi connectivity index (χ0v) is 16.1. The fourth-order valence-electron chi connectivity index (χ4n) is 2.22. The first-order valence-corrected chi connectivity index (χ1v) is 8.55. The van der Waals surface area contributed by atoms with Crippen LogP contribution in [0.3, 0.4) is 0 Å². The fraction of sp³-hybridized carbons (Fsp3) is 0.222. The minimum atomic E-state index is -5.01. The van der Waals surface area contributed by atoms with E-state index in [-0.39, 0.29) is 5.69 Å². The molecule has 12 heteroatoms. The number of aliphatic imine (C=N–C) groups is 1. The van der Waals surface area contributed by atoms with Crippen molar-refractivity contribution in [2.45, 2.75) is 18.7 Å². The predicted octanol–water partition coefficient (Wildman–Crippen LogP) is 4.12. The molecule has 8 nitrogen and oxygen atoms in total. The smallest absolute Gasteiger partial charge is 0.423 e. The number of isothiocyanates is 1. The largest absolute Gasteiger partial charge is 0.490 e. The van der Waals surface area contributed by atoms with Gasteiger partial charge in [0.25, 0.3) is 11.6 Å². The number of aliphatic hydroxyl groups is 1. The van der Waals surface area contributed by atoms with Crippen LogP contribution in [0.15, 0.2) is 47.5 Å². The highest BCUT2D eigenvalue weighted by atomic mass is 32.1. The Bertz CT molecular complexity index is 1000. The maximum atomic E-state index is 13.0. The van der Waals surface area contributed by atoms with Crippen LogP contribution in [0.1, 0.15) is 12.5 Å². The van der Waals surface area contributed by atoms with Crippen molar-refractivity contribution in [1.82, 2.24) is 0 Å². The first kappa shape index (κ1) is 22.9. The number of nitrogens with zero attached hydrogens (tertiary/aromatic N) is 2. The second-order valence-electron chi connectivity index (χ2n) is 6.20. The van der Waals surface area contributed by atoms with Crippen LogP contribution in [-0.2, 0) is 11.0 Å². The average molecular weight is 441 g/mol. The topological polar surface area (TPSA) is 114 Å². The Morgan fingerprint density at radius 3 is 2.47 bits per heavy atom. The van der Waals surface area contributed by atoms with Crippen LogP contribution in [0.5, 0.6) is 5.75 Å². The lowest BCUT2D eigenvalue weighted by Crippen LogP contribution is -2.45. The molecule has 0 unspecified atom stereocenters. The first-order valence-electron chi connectivity index (χ1n) is 8.14. The molecule has 0 aliphatic carbocycles. The first-order chi connectivity index (χ1) is 13.9. The van der Waals surface area contributed by atoms with Gasteiger partial charge >= 0.3 is 6.18 Å². The van der Waals surface area contributed by atoms with Gasteiger partial charge in [-0.05, 0) is 55.5 Å². The van der Waals surface area contributed by atoms with Crippen molar-refractivity contribution >= 4 is 40.3 Å². The van der Waals surface area contributed by atoms with Gasteiger partial charge in [-0.3, -0.25) is 14.9 Å². The number of hydrogen-bond acceptors (Lipinski definition) is 7. The van der Waals surface area contributed by atoms with Gasteiger partial charge in [0.2, 0.25) is 0 Å². The standard InChI is InChI=1S/C18H14F3N3O5S/c1-17(26,9-29-13-5-2-11(3-6-13)22-10-30)16(25)23-12-4-7-15(24(27)28)14(8-12)18(19,20)21/h2-8,26H,9H2,1H3,(H,23,25)/t17-/m0/s1. The molecule has 2 rings (SSSR count). The van der Waals surface area contributed by atoms with Crippen LogP contribution in [-0.4, -0.2) is 33.3 Å². The van der Waals surface area contributed by atoms with Crippen LogP contribution in [0.25, 0.3) is 0 Å². The number of carbonyl (C=O) groups excluding carboxylic acids is 1. The molecular weight excluding hydrogens is 427 g/mol. The summed E-state index contributed by atoms with van der Waals surface area (Å²) in [5.41, 5.74) is -4.66. The van der Waals surface area contributed by atoms with E-state index >= 15 is 0 Å². The molecule has 2 aromatic rings. The lowest BCUT2D eigenvalue weighted by molar-refractivity contribution is -0.388. The molecule has 0 aliphatic rings. The van der Waals surface area contributed by atoms with Crippen molar-refractivity contribution in [3.63, 3.8) is 0 Å². The number of thiocarbonyl (C=S) groups is 1. The number of halogens is 3. The Hall–Kier alpha value is -3.34. The third-order valence-electron chi connectivity index (χ3n) is 3.78. The van der Waals surface area contributed by atoms with Crippen molar-refractivity contribution < 1.29 is 32.7 Å². The zero-order valence-electron chi connectivity index (χ0n) is 15.3. The van der Waals surface area contributed by atoms with Gasteiger partial charge in [-0.2, -0.15) is 18.2 Å². The fourth-order valence-corrected chi connectivity index (χ4v) is 2.33. The summed E-state index contributed by atoms with van der Waals surface area (Å²) in [5, 5.41) is 25.4. The van der Waals surface area contributed by atoms with Gasteiger partial charge in [-0.15, -0.1) is 0 Å². The Kier molecular flexibility index (Phi) is 6.88. The molecule has 2 N–H and O–H groups in total. The van der Waals surface area contributed by atoms with Crippen LogP contribution in [0.2, 0.25) is 0 Å². The Morgan fingerprint density at radius 1 is 1.30 bits per heavy atom. The van der Waals surface area contributed by atoms with Crippen molar-refractivity contribution in [3.05, 3.63) is 58.1 Å². The number of amides is 1. The van der Waals surface area contributed by atoms with Crippen molar-refractivity contribution in [3.8, 4) is 5.75 Å². The molecule has 1 atom stereocenters. The Balaban J connectivity index is 2.11. The van der Waals surface area contributed by atoms with E-state index in [0.717, 1.165) is 13.0 Å². The molecule has 0 heterocycles. The van der Waals surface area contributed by atoms with Gasteiger partial charge in [0, 0.05) is 11.8 Å². The number of anilines is 1. The Labute approximate surface area is 173 Å². The summed E-state index contributed by atoms with van der Waals surface area (Å²) < 4.78 is 44.5. The van der Waals surface area contributed by atoms with Crippen molar-refractivity contribution in [2.75, 3.05) is 11.9 Å². The summed E-state index contributed by atoms with van der Waals surface area (Å²) in [5.74, 6) is -0.771. The second-order valence-corrected chi connectivity index (χ2v) is 6.38. The third-order valence-corrected chi connectivity index (χ3v) is 3.87. The monoisotopic (exact) mass is 441 g/mol. The highest BCUT2D eigenvalue weighted by Gasteiger charge is 2.39. The second kappa shape index (κ2) is 8.99. The molecular formula is C18H14F3N3O5S. The van der Waals surface area contributed by atoms with E-state index in [2.05, 4.69) is 27.7 Å². The van der Waals surface area contributed by atoms with Crippen LogP contribution in [0.4, 0.5) is 30.2 Å². The number of hydrogen-bond donors (Lipinski definition) is 2. The number of carbonyl (C=O) groups is 1. The number of ether oxygens (including phenoxy) is 1. The zero-order chi connectivity index (χ0) is 22.5. The molecule has 0 fully saturated rings. The Morgan fingerprint density at radius 2 is 1.93 bits per heavy atom. The highest BCUT2D eigenvalue weighted by molar-refractivity contribution is 7.78. The quantitative estimate of drug-likeness (QED) is 0.289. The van der Waals surface area contributed by atoms with Crippen molar-refractivity contribution in [2.24, 2.45) is 4.99 Å². The summed E-state index contributed by atoms with van der Waals surface area (Å²) in [4.78, 5) is 25.6. The van der Waals surface area contributed by atoms with E-state index in [1.54, 1.807) is 12.1 Å². The SMILES string of the molecule is C[C@](O)(COc1ccc(N=C=S)cc1)C(=O)Nc1ccc([N+](=O)[O-])c(C(F)(F)F)c1. The van der Waals surface area contributed by atoms with E-state index in [1.165, 1.54) is 12.1 Å². The molecule has 0 radical (unpaired) electrons. The summed E-state index contributed by atoms with van der Waals surface area (Å²) in [6, 6.07) is 8.09. The maximum absolute atomic E-state index is 13.0. The van der Waals surface area contributed by atoms with E-state index < -0.39 is 40.5 Å². The molecule has 1 amide bonds. The van der Waals surface area contributed by atoms with Gasteiger partial charge in [0.1, 0.15) is 17.9 Å². The van der Waals surface area contributed by atoms with Gasteiger partial charge in [-0.1, -0.05) is 0 Å². The lowest BCUT2D eigenvalue weighted by atomic mass is 10.1. The number of nitrogens with one attached hydrogen (secondary N) is 1.